The van der Waals surface area contributed by atoms with Crippen molar-refractivity contribution in [1.29, 1.82) is 0 Å². The minimum Gasteiger partial charge on any atom is -0.337 e. The van der Waals surface area contributed by atoms with Crippen LogP contribution >= 0.6 is 0 Å². The number of carbonyl (C=O) groups is 1. The molecule has 1 saturated heterocycles. The highest BCUT2D eigenvalue weighted by molar-refractivity contribution is 5.79. The molecule has 174 valence electrons. The molecular weight excluding hydrogens is 386 g/mol. The third kappa shape index (κ3) is 6.32. The van der Waals surface area contributed by atoms with Crippen molar-refractivity contribution in [2.45, 2.75) is 134 Å². The highest BCUT2D eigenvalue weighted by Crippen LogP contribution is 2.36. The lowest BCUT2D eigenvalue weighted by molar-refractivity contribution is -0.137. The Morgan fingerprint density at radius 3 is 1.87 bits per heavy atom. The summed E-state index contributed by atoms with van der Waals surface area (Å²) in [5, 5.41) is 4.43. The zero-order chi connectivity index (χ0) is 21.3. The van der Waals surface area contributed by atoms with Gasteiger partial charge < -0.3 is 9.42 Å². The van der Waals surface area contributed by atoms with Crippen LogP contribution in [0.1, 0.15) is 146 Å². The van der Waals surface area contributed by atoms with E-state index >= 15 is 0 Å². The lowest BCUT2D eigenvalue weighted by Gasteiger charge is -2.27. The third-order valence-corrected chi connectivity index (χ3v) is 7.95. The van der Waals surface area contributed by atoms with Gasteiger partial charge in [0.2, 0.25) is 11.8 Å². The Labute approximate surface area is 188 Å². The van der Waals surface area contributed by atoms with Gasteiger partial charge in [-0.3, -0.25) is 4.79 Å². The number of hydrogen-bond donors (Lipinski definition) is 0. The van der Waals surface area contributed by atoms with Crippen LogP contribution in [-0.4, -0.2) is 27.5 Å². The fraction of sp³-hybridized carbons (Fsp3) is 0.885. The Morgan fingerprint density at radius 1 is 0.710 bits per heavy atom. The molecule has 0 aromatic carbocycles. The van der Waals surface area contributed by atoms with Gasteiger partial charge in [0.15, 0.2) is 5.82 Å². The number of rotatable bonds is 3. The van der Waals surface area contributed by atoms with Crippen LogP contribution in [0.4, 0.5) is 0 Å². The maximum Gasteiger partial charge on any atom is 0.249 e. The van der Waals surface area contributed by atoms with Crippen molar-refractivity contribution in [2.75, 3.05) is 6.54 Å². The lowest BCUT2D eigenvalue weighted by atomic mass is 9.92. The number of carbonyl (C=O) groups excluding carboxylic acids is 1. The lowest BCUT2D eigenvalue weighted by Crippen LogP contribution is -2.36. The van der Waals surface area contributed by atoms with E-state index in [0.717, 1.165) is 38.1 Å². The highest BCUT2D eigenvalue weighted by atomic mass is 16.5. The first-order chi connectivity index (χ1) is 15.3. The molecule has 0 radical (unpaired) electrons. The van der Waals surface area contributed by atoms with Crippen molar-refractivity contribution in [3.8, 4) is 0 Å². The van der Waals surface area contributed by atoms with Crippen molar-refractivity contribution in [1.82, 2.24) is 15.0 Å². The standard InChI is InChI=1S/C26H43N3O2/c30-26(22-17-12-8-4-5-9-13-18-22)29-20-14-19-23(29)25-27-24(28-31-25)21-15-10-6-2-1-3-7-11-16-21/h21-23H,1-20H2/t23-/m0/s1. The first kappa shape index (κ1) is 22.8. The molecule has 1 aromatic rings. The number of amides is 1. The molecule has 0 bridgehead atoms. The molecule has 2 aliphatic carbocycles. The van der Waals surface area contributed by atoms with E-state index in [1.54, 1.807) is 0 Å². The van der Waals surface area contributed by atoms with Gasteiger partial charge in [-0.15, -0.1) is 0 Å². The summed E-state index contributed by atoms with van der Waals surface area (Å²) in [6.45, 7) is 0.848. The first-order valence-electron chi connectivity index (χ1n) is 13.5. The Bertz CT molecular complexity index is 653. The van der Waals surface area contributed by atoms with Crippen molar-refractivity contribution in [3.63, 3.8) is 0 Å². The Balaban J connectivity index is 1.41. The molecule has 2 saturated carbocycles. The fourth-order valence-corrected chi connectivity index (χ4v) is 6.02. The second kappa shape index (κ2) is 12.0. The number of aromatic nitrogens is 2. The number of nitrogens with zero attached hydrogens (tertiary/aromatic N) is 3. The molecule has 5 heteroatoms. The molecule has 0 unspecified atom stereocenters. The molecule has 0 N–H and O–H groups in total. The van der Waals surface area contributed by atoms with E-state index in [1.807, 2.05) is 0 Å². The molecule has 2 heterocycles. The molecule has 1 aliphatic heterocycles. The topological polar surface area (TPSA) is 59.2 Å². The monoisotopic (exact) mass is 429 g/mol. The van der Waals surface area contributed by atoms with Crippen molar-refractivity contribution in [3.05, 3.63) is 11.7 Å². The van der Waals surface area contributed by atoms with Crippen LogP contribution < -0.4 is 0 Å². The van der Waals surface area contributed by atoms with E-state index in [-0.39, 0.29) is 12.0 Å². The average molecular weight is 430 g/mol. The SMILES string of the molecule is O=C(C1CCCCCCCC1)N1CCC[C@H]1c1nc(C2CCCCCCCCC2)no1. The van der Waals surface area contributed by atoms with Crippen LogP contribution in [0, 0.1) is 5.92 Å². The fourth-order valence-electron chi connectivity index (χ4n) is 6.02. The van der Waals surface area contributed by atoms with E-state index < -0.39 is 0 Å². The zero-order valence-electron chi connectivity index (χ0n) is 19.5. The smallest absolute Gasteiger partial charge is 0.249 e. The van der Waals surface area contributed by atoms with E-state index in [1.165, 1.54) is 96.3 Å². The predicted molar refractivity (Wildman–Crippen MR) is 123 cm³/mol. The second-order valence-corrected chi connectivity index (χ2v) is 10.3. The van der Waals surface area contributed by atoms with Crippen LogP contribution in [0.15, 0.2) is 4.52 Å². The normalized spacial score (nSPS) is 26.2. The van der Waals surface area contributed by atoms with Gasteiger partial charge in [0, 0.05) is 18.4 Å². The van der Waals surface area contributed by atoms with Crippen molar-refractivity contribution < 1.29 is 9.32 Å². The quantitative estimate of drug-likeness (QED) is 0.514. The summed E-state index contributed by atoms with van der Waals surface area (Å²) in [4.78, 5) is 20.4. The maximum absolute atomic E-state index is 13.5. The van der Waals surface area contributed by atoms with E-state index in [4.69, 9.17) is 9.51 Å². The van der Waals surface area contributed by atoms with Crippen molar-refractivity contribution >= 4 is 5.91 Å². The van der Waals surface area contributed by atoms with E-state index in [0.29, 0.717) is 17.7 Å². The Kier molecular flexibility index (Phi) is 8.83. The second-order valence-electron chi connectivity index (χ2n) is 10.3. The van der Waals surface area contributed by atoms with E-state index in [9.17, 15) is 4.79 Å². The molecule has 3 fully saturated rings. The van der Waals surface area contributed by atoms with E-state index in [2.05, 4.69) is 10.1 Å². The molecule has 1 aromatic heterocycles. The average Bonchev–Trinajstić information content (AvgIpc) is 3.48. The van der Waals surface area contributed by atoms with Crippen LogP contribution in [0.2, 0.25) is 0 Å². The summed E-state index contributed by atoms with van der Waals surface area (Å²) in [6.07, 6.45) is 23.4. The molecule has 31 heavy (non-hydrogen) atoms. The summed E-state index contributed by atoms with van der Waals surface area (Å²) < 4.78 is 5.81. The zero-order valence-corrected chi connectivity index (χ0v) is 19.5. The molecular formula is C26H43N3O2. The van der Waals surface area contributed by atoms with Gasteiger partial charge in [0.1, 0.15) is 6.04 Å². The first-order valence-corrected chi connectivity index (χ1v) is 13.5. The van der Waals surface area contributed by atoms with Gasteiger partial charge >= 0.3 is 0 Å². The van der Waals surface area contributed by atoms with Gasteiger partial charge in [-0.1, -0.05) is 88.6 Å². The van der Waals surface area contributed by atoms with Crippen LogP contribution in [0.3, 0.4) is 0 Å². The third-order valence-electron chi connectivity index (χ3n) is 7.95. The van der Waals surface area contributed by atoms with Crippen LogP contribution in [-0.2, 0) is 4.79 Å². The highest BCUT2D eigenvalue weighted by Gasteiger charge is 2.37. The summed E-state index contributed by atoms with van der Waals surface area (Å²) >= 11 is 0. The van der Waals surface area contributed by atoms with Gasteiger partial charge in [0.05, 0.1) is 0 Å². The molecule has 0 spiro atoms. The number of hydrogen-bond acceptors (Lipinski definition) is 4. The summed E-state index contributed by atoms with van der Waals surface area (Å²) in [5.41, 5.74) is 0. The van der Waals surface area contributed by atoms with Crippen LogP contribution in [0.25, 0.3) is 0 Å². The Hall–Kier alpha value is -1.39. The van der Waals surface area contributed by atoms with Crippen molar-refractivity contribution in [2.24, 2.45) is 5.92 Å². The molecule has 5 nitrogen and oxygen atoms in total. The summed E-state index contributed by atoms with van der Waals surface area (Å²) in [6, 6.07) is 0.000844. The minimum absolute atomic E-state index is 0.000844. The predicted octanol–water partition coefficient (Wildman–Crippen LogP) is 7.09. The largest absolute Gasteiger partial charge is 0.337 e. The Morgan fingerprint density at radius 2 is 1.26 bits per heavy atom. The van der Waals surface area contributed by atoms with Crippen LogP contribution in [0.5, 0.6) is 0 Å². The minimum atomic E-state index is 0.000844. The maximum atomic E-state index is 13.5. The van der Waals surface area contributed by atoms with Gasteiger partial charge in [0.25, 0.3) is 0 Å². The van der Waals surface area contributed by atoms with Gasteiger partial charge in [-0.05, 0) is 38.5 Å². The molecule has 3 aliphatic rings. The van der Waals surface area contributed by atoms with Gasteiger partial charge in [-0.2, -0.15) is 4.98 Å². The van der Waals surface area contributed by atoms with Gasteiger partial charge in [-0.25, -0.2) is 0 Å². The summed E-state index contributed by atoms with van der Waals surface area (Å²) in [7, 11) is 0. The summed E-state index contributed by atoms with van der Waals surface area (Å²) in [5.74, 6) is 2.57. The molecule has 1 atom stereocenters. The molecule has 4 rings (SSSR count). The number of likely N-dealkylation sites (tertiary alicyclic amines) is 1. The molecule has 1 amide bonds.